The number of aliphatic hydroxyl groups excluding tert-OH is 1. The number of rotatable bonds is 5. The smallest absolute Gasteiger partial charge is 0.277 e. The van der Waals surface area contributed by atoms with Crippen molar-refractivity contribution in [2.24, 2.45) is 0 Å². The van der Waals surface area contributed by atoms with Gasteiger partial charge < -0.3 is 5.11 Å². The highest BCUT2D eigenvalue weighted by Gasteiger charge is 2.10. The molecule has 0 unspecified atom stereocenters. The zero-order chi connectivity index (χ0) is 14.3. The summed E-state index contributed by atoms with van der Waals surface area (Å²) in [5.74, 6) is 5.32. The Hall–Kier alpha value is -1.39. The minimum absolute atomic E-state index is 0.153. The maximum absolute atomic E-state index is 11.6. The average Bonchev–Trinajstić information content (AvgIpc) is 2.33. The largest absolute Gasteiger partial charge is 0.384 e. The van der Waals surface area contributed by atoms with E-state index in [4.69, 9.17) is 5.11 Å². The molecule has 0 saturated carbocycles. The summed E-state index contributed by atoms with van der Waals surface area (Å²) in [5.41, 5.74) is 1.54. The van der Waals surface area contributed by atoms with Gasteiger partial charge in [-0.1, -0.05) is 24.0 Å². The summed E-state index contributed by atoms with van der Waals surface area (Å²) in [6, 6.07) is 7.02. The number of hydrogen-bond acceptors (Lipinski definition) is 3. The predicted octanol–water partition coefficient (Wildman–Crippen LogP) is 0.363. The molecule has 1 aromatic rings. The second-order valence-corrected chi connectivity index (χ2v) is 5.79. The molecule has 0 saturated heterocycles. The van der Waals surface area contributed by atoms with E-state index in [0.29, 0.717) is 0 Å². The molecule has 0 aliphatic heterocycles. The molecular formula is C13H18N2O3S. The lowest BCUT2D eigenvalue weighted by Gasteiger charge is -2.10. The third-order valence-electron chi connectivity index (χ3n) is 2.10. The van der Waals surface area contributed by atoms with Gasteiger partial charge in [0.25, 0.3) is 10.2 Å². The Labute approximate surface area is 114 Å². The highest BCUT2D eigenvalue weighted by atomic mass is 32.2. The van der Waals surface area contributed by atoms with Crippen LogP contribution in [0, 0.1) is 11.8 Å². The fourth-order valence-corrected chi connectivity index (χ4v) is 2.49. The molecule has 0 aliphatic rings. The van der Waals surface area contributed by atoms with E-state index in [1.54, 1.807) is 32.0 Å². The van der Waals surface area contributed by atoms with E-state index >= 15 is 0 Å². The summed E-state index contributed by atoms with van der Waals surface area (Å²) in [4.78, 5) is 0. The Bertz CT molecular complexity index is 571. The maximum Gasteiger partial charge on any atom is 0.277 e. The minimum Gasteiger partial charge on any atom is -0.384 e. The van der Waals surface area contributed by atoms with Crippen LogP contribution in [0.4, 0.5) is 0 Å². The normalized spacial score (nSPS) is 11.2. The van der Waals surface area contributed by atoms with Crippen molar-refractivity contribution in [1.82, 2.24) is 9.44 Å². The number of benzene rings is 1. The molecule has 3 N–H and O–H groups in total. The predicted molar refractivity (Wildman–Crippen MR) is 74.4 cm³/mol. The van der Waals surface area contributed by atoms with Crippen molar-refractivity contribution in [2.75, 3.05) is 6.61 Å². The lowest BCUT2D eigenvalue weighted by molar-refractivity contribution is 0.350. The number of nitrogens with one attached hydrogen (secondary N) is 2. The molecular weight excluding hydrogens is 264 g/mol. The van der Waals surface area contributed by atoms with Crippen LogP contribution in [0.2, 0.25) is 0 Å². The van der Waals surface area contributed by atoms with Gasteiger partial charge in [-0.3, -0.25) is 0 Å². The van der Waals surface area contributed by atoms with Crippen LogP contribution >= 0.6 is 0 Å². The van der Waals surface area contributed by atoms with Gasteiger partial charge >= 0.3 is 0 Å². The molecule has 0 bridgehead atoms. The van der Waals surface area contributed by atoms with Crippen molar-refractivity contribution >= 4 is 10.2 Å². The second-order valence-electron chi connectivity index (χ2n) is 4.26. The lowest BCUT2D eigenvalue weighted by atomic mass is 10.1. The SMILES string of the molecule is CC(C)NS(=O)(=O)NCc1cccc(C#CCO)c1. The molecule has 0 fully saturated rings. The van der Waals surface area contributed by atoms with Gasteiger partial charge in [0.15, 0.2) is 0 Å². The van der Waals surface area contributed by atoms with E-state index in [9.17, 15) is 8.42 Å². The van der Waals surface area contributed by atoms with E-state index in [1.807, 2.05) is 6.07 Å². The van der Waals surface area contributed by atoms with Gasteiger partial charge in [-0.25, -0.2) is 0 Å². The van der Waals surface area contributed by atoms with Gasteiger partial charge in [-0.15, -0.1) is 0 Å². The summed E-state index contributed by atoms with van der Waals surface area (Å²) < 4.78 is 28.1. The summed E-state index contributed by atoms with van der Waals surface area (Å²) in [5, 5.41) is 8.62. The van der Waals surface area contributed by atoms with Gasteiger partial charge in [-0.05, 0) is 31.5 Å². The molecule has 19 heavy (non-hydrogen) atoms. The standard InChI is InChI=1S/C13H18N2O3S/c1-11(2)15-19(17,18)14-10-13-6-3-5-12(9-13)7-4-8-16/h3,5-6,9,11,14-16H,8,10H2,1-2H3. The Morgan fingerprint density at radius 3 is 2.74 bits per heavy atom. The van der Waals surface area contributed by atoms with Crippen LogP contribution in [0.3, 0.4) is 0 Å². The molecule has 0 atom stereocenters. The summed E-state index contributed by atoms with van der Waals surface area (Å²) in [7, 11) is -3.48. The van der Waals surface area contributed by atoms with E-state index < -0.39 is 10.2 Å². The minimum atomic E-state index is -3.48. The third-order valence-corrected chi connectivity index (χ3v) is 3.40. The zero-order valence-electron chi connectivity index (χ0n) is 11.0. The molecule has 0 spiro atoms. The van der Waals surface area contributed by atoms with Crippen LogP contribution in [-0.2, 0) is 16.8 Å². The topological polar surface area (TPSA) is 78.4 Å². The molecule has 104 valence electrons. The Morgan fingerprint density at radius 1 is 1.37 bits per heavy atom. The first-order valence-electron chi connectivity index (χ1n) is 5.88. The summed E-state index contributed by atoms with van der Waals surface area (Å²) in [6.45, 7) is 3.50. The monoisotopic (exact) mass is 282 g/mol. The molecule has 0 aromatic heterocycles. The highest BCUT2D eigenvalue weighted by molar-refractivity contribution is 7.87. The fraction of sp³-hybridized carbons (Fsp3) is 0.385. The van der Waals surface area contributed by atoms with E-state index in [2.05, 4.69) is 21.3 Å². The quantitative estimate of drug-likeness (QED) is 0.682. The van der Waals surface area contributed by atoms with Crippen molar-refractivity contribution in [3.63, 3.8) is 0 Å². The molecule has 1 rings (SSSR count). The van der Waals surface area contributed by atoms with E-state index in [0.717, 1.165) is 11.1 Å². The second kappa shape index (κ2) is 7.26. The van der Waals surface area contributed by atoms with Crippen LogP contribution < -0.4 is 9.44 Å². The Balaban J connectivity index is 2.68. The Morgan fingerprint density at radius 2 is 2.11 bits per heavy atom. The van der Waals surface area contributed by atoms with Gasteiger partial charge in [0.1, 0.15) is 6.61 Å². The molecule has 0 radical (unpaired) electrons. The van der Waals surface area contributed by atoms with Crippen molar-refractivity contribution in [3.8, 4) is 11.8 Å². The van der Waals surface area contributed by atoms with E-state index in [1.165, 1.54) is 0 Å². The van der Waals surface area contributed by atoms with Crippen LogP contribution in [0.15, 0.2) is 24.3 Å². The number of aliphatic hydroxyl groups is 1. The first-order chi connectivity index (χ1) is 8.93. The first kappa shape index (κ1) is 15.7. The summed E-state index contributed by atoms with van der Waals surface area (Å²) in [6.07, 6.45) is 0. The average molecular weight is 282 g/mol. The van der Waals surface area contributed by atoms with Crippen LogP contribution in [0.1, 0.15) is 25.0 Å². The molecule has 0 heterocycles. The summed E-state index contributed by atoms with van der Waals surface area (Å²) >= 11 is 0. The van der Waals surface area contributed by atoms with Gasteiger partial charge in [0.2, 0.25) is 0 Å². The fourth-order valence-electron chi connectivity index (χ4n) is 1.43. The van der Waals surface area contributed by atoms with Gasteiger partial charge in [-0.2, -0.15) is 17.9 Å². The first-order valence-corrected chi connectivity index (χ1v) is 7.37. The number of hydrogen-bond donors (Lipinski definition) is 3. The Kier molecular flexibility index (Phi) is 5.99. The molecule has 0 amide bonds. The van der Waals surface area contributed by atoms with Gasteiger partial charge in [0, 0.05) is 18.2 Å². The lowest BCUT2D eigenvalue weighted by Crippen LogP contribution is -2.39. The van der Waals surface area contributed by atoms with Crippen molar-refractivity contribution in [2.45, 2.75) is 26.4 Å². The highest BCUT2D eigenvalue weighted by Crippen LogP contribution is 2.04. The maximum atomic E-state index is 11.6. The van der Waals surface area contributed by atoms with Crippen molar-refractivity contribution < 1.29 is 13.5 Å². The van der Waals surface area contributed by atoms with Crippen molar-refractivity contribution in [1.29, 1.82) is 0 Å². The molecule has 5 nitrogen and oxygen atoms in total. The van der Waals surface area contributed by atoms with E-state index in [-0.39, 0.29) is 19.2 Å². The molecule has 6 heteroatoms. The van der Waals surface area contributed by atoms with Crippen LogP contribution in [0.25, 0.3) is 0 Å². The third kappa shape index (κ3) is 6.36. The molecule has 0 aliphatic carbocycles. The molecule has 1 aromatic carbocycles. The van der Waals surface area contributed by atoms with Crippen molar-refractivity contribution in [3.05, 3.63) is 35.4 Å². The zero-order valence-corrected chi connectivity index (χ0v) is 11.8. The van der Waals surface area contributed by atoms with Crippen LogP contribution in [-0.4, -0.2) is 26.2 Å². The van der Waals surface area contributed by atoms with Gasteiger partial charge in [0.05, 0.1) is 0 Å². The van der Waals surface area contributed by atoms with Crippen LogP contribution in [0.5, 0.6) is 0 Å².